The summed E-state index contributed by atoms with van der Waals surface area (Å²) in [6.45, 7) is 4.00. The molecular formula is C27H28N5O3S+. The Morgan fingerprint density at radius 3 is 2.42 bits per heavy atom. The normalized spacial score (nSPS) is 11.4. The molecule has 0 atom stereocenters. The van der Waals surface area contributed by atoms with Gasteiger partial charge in [0.2, 0.25) is 0 Å². The molecule has 0 saturated heterocycles. The van der Waals surface area contributed by atoms with Crippen LogP contribution in [0.5, 0.6) is 11.5 Å². The Labute approximate surface area is 214 Å². The van der Waals surface area contributed by atoms with Gasteiger partial charge in [0.05, 0.1) is 29.2 Å². The van der Waals surface area contributed by atoms with E-state index in [-0.39, 0.29) is 17.4 Å². The summed E-state index contributed by atoms with van der Waals surface area (Å²) in [6.07, 6.45) is 0.635. The van der Waals surface area contributed by atoms with Crippen molar-refractivity contribution in [2.75, 3.05) is 12.9 Å². The van der Waals surface area contributed by atoms with Gasteiger partial charge in [-0.25, -0.2) is 5.43 Å². The summed E-state index contributed by atoms with van der Waals surface area (Å²) in [5.74, 6) is 1.64. The molecule has 0 aliphatic carbocycles. The van der Waals surface area contributed by atoms with Crippen molar-refractivity contribution in [2.24, 2.45) is 5.10 Å². The van der Waals surface area contributed by atoms with E-state index in [0.717, 1.165) is 39.7 Å². The topological polar surface area (TPSA) is 103 Å². The Hall–Kier alpha value is -4.11. The van der Waals surface area contributed by atoms with Crippen LogP contribution in [0.25, 0.3) is 17.1 Å². The number of phenolic OH excluding ortho intramolecular Hbond substituents is 1. The fourth-order valence-corrected chi connectivity index (χ4v) is 4.32. The highest BCUT2D eigenvalue weighted by atomic mass is 32.2. The molecule has 0 radical (unpaired) electrons. The summed E-state index contributed by atoms with van der Waals surface area (Å²) in [5, 5.41) is 22.1. The number of aromatic hydroxyl groups is 1. The Morgan fingerprint density at radius 2 is 1.78 bits per heavy atom. The van der Waals surface area contributed by atoms with Gasteiger partial charge in [-0.1, -0.05) is 24.6 Å². The molecule has 3 N–H and O–H groups in total. The number of phenols is 1. The van der Waals surface area contributed by atoms with Gasteiger partial charge in [0.1, 0.15) is 17.2 Å². The first kappa shape index (κ1) is 25.0. The van der Waals surface area contributed by atoms with Gasteiger partial charge in [-0.15, -0.1) is 5.10 Å². The number of methoxy groups -OCH3 is 1. The molecule has 3 aromatic carbocycles. The van der Waals surface area contributed by atoms with E-state index in [2.05, 4.69) is 20.7 Å². The lowest BCUT2D eigenvalue weighted by Gasteiger charge is -2.06. The monoisotopic (exact) mass is 502 g/mol. The number of H-pyrrole nitrogens is 1. The lowest BCUT2D eigenvalue weighted by Crippen LogP contribution is -2.34. The zero-order chi connectivity index (χ0) is 25.5. The van der Waals surface area contributed by atoms with Crippen molar-refractivity contribution in [3.8, 4) is 28.6 Å². The number of rotatable bonds is 9. The maximum Gasteiger partial charge on any atom is 0.342 e. The number of carbonyl (C=O) groups excluding carboxylic acids is 1. The minimum Gasteiger partial charge on any atom is -0.508 e. The van der Waals surface area contributed by atoms with Crippen LogP contribution < -0.4 is 14.7 Å². The maximum atomic E-state index is 12.6. The highest BCUT2D eigenvalue weighted by Crippen LogP contribution is 2.23. The quantitative estimate of drug-likeness (QED) is 0.136. The van der Waals surface area contributed by atoms with E-state index in [1.807, 2.05) is 66.9 Å². The van der Waals surface area contributed by atoms with Gasteiger partial charge in [-0.2, -0.15) is 9.67 Å². The number of thioether (sulfide) groups is 1. The van der Waals surface area contributed by atoms with E-state index >= 15 is 0 Å². The molecule has 0 fully saturated rings. The number of carbonyl (C=O) groups is 1. The van der Waals surface area contributed by atoms with Crippen LogP contribution in [0.15, 0.2) is 83.1 Å². The average molecular weight is 503 g/mol. The molecule has 4 rings (SSSR count). The number of aromatic amines is 1. The van der Waals surface area contributed by atoms with E-state index in [1.54, 1.807) is 31.4 Å². The minimum atomic E-state index is -0.241. The van der Waals surface area contributed by atoms with Gasteiger partial charge < -0.3 is 9.84 Å². The summed E-state index contributed by atoms with van der Waals surface area (Å²) in [4.78, 5) is 12.6. The first-order valence-electron chi connectivity index (χ1n) is 11.5. The van der Waals surface area contributed by atoms with Crippen LogP contribution in [0.2, 0.25) is 0 Å². The summed E-state index contributed by atoms with van der Waals surface area (Å²) in [6, 6.07) is 22.6. The number of aryl methyl sites for hydroxylation is 1. The van der Waals surface area contributed by atoms with Gasteiger partial charge in [0, 0.05) is 0 Å². The molecule has 1 amide bonds. The van der Waals surface area contributed by atoms with E-state index < -0.39 is 0 Å². The van der Waals surface area contributed by atoms with Crippen LogP contribution in [0.4, 0.5) is 0 Å². The Bertz CT molecular complexity index is 1350. The second-order valence-electron chi connectivity index (χ2n) is 8.04. The molecule has 0 unspecified atom stereocenters. The van der Waals surface area contributed by atoms with Crippen molar-refractivity contribution < 1.29 is 19.2 Å². The van der Waals surface area contributed by atoms with Crippen LogP contribution >= 0.6 is 11.8 Å². The molecule has 4 aromatic rings. The lowest BCUT2D eigenvalue weighted by atomic mass is 10.1. The van der Waals surface area contributed by atoms with Gasteiger partial charge in [0.15, 0.2) is 0 Å². The number of nitrogens with zero attached hydrogens (tertiary/aromatic N) is 3. The predicted octanol–water partition coefficient (Wildman–Crippen LogP) is 4.40. The fourth-order valence-electron chi connectivity index (χ4n) is 3.56. The van der Waals surface area contributed by atoms with E-state index in [4.69, 9.17) is 4.74 Å². The number of nitrogens with one attached hydrogen (secondary N) is 2. The third-order valence-corrected chi connectivity index (χ3v) is 6.45. The molecule has 9 heteroatoms. The van der Waals surface area contributed by atoms with E-state index in [0.29, 0.717) is 11.6 Å². The van der Waals surface area contributed by atoms with Crippen molar-refractivity contribution >= 4 is 23.4 Å². The number of ether oxygens (including phenoxy) is 1. The number of benzene rings is 3. The number of hydrogen-bond donors (Lipinski definition) is 3. The fraction of sp³-hybridized carbons (Fsp3) is 0.185. The minimum absolute atomic E-state index is 0.134. The highest BCUT2D eigenvalue weighted by Gasteiger charge is 2.24. The summed E-state index contributed by atoms with van der Waals surface area (Å²) >= 11 is 1.32. The average Bonchev–Trinajstić information content (AvgIpc) is 3.33. The maximum absolute atomic E-state index is 12.6. The standard InChI is InChI=1S/C27H27N5O3S/c1-4-24(19-7-13-22(33)14-8-19)28-29-25(34)17-36-27-31-30-26(20-9-15-23(35-3)16-10-20)32(27)21-11-5-18(2)6-12-21/h5-16H,4,17H2,1-3H3,(H2,28,29,33,34)/p+1. The summed E-state index contributed by atoms with van der Waals surface area (Å²) in [5.41, 5.74) is 7.23. The summed E-state index contributed by atoms with van der Waals surface area (Å²) < 4.78 is 7.28. The van der Waals surface area contributed by atoms with Crippen LogP contribution in [-0.4, -0.2) is 39.8 Å². The van der Waals surface area contributed by atoms with Crippen LogP contribution in [0.1, 0.15) is 24.5 Å². The molecular weight excluding hydrogens is 474 g/mol. The molecule has 1 aromatic heterocycles. The first-order valence-corrected chi connectivity index (χ1v) is 12.5. The Kier molecular flexibility index (Phi) is 8.02. The smallest absolute Gasteiger partial charge is 0.342 e. The largest absolute Gasteiger partial charge is 0.508 e. The Morgan fingerprint density at radius 1 is 1.08 bits per heavy atom. The molecule has 8 nitrogen and oxygen atoms in total. The highest BCUT2D eigenvalue weighted by molar-refractivity contribution is 7.99. The van der Waals surface area contributed by atoms with Gasteiger partial charge in [0.25, 0.3) is 11.7 Å². The molecule has 0 aliphatic heterocycles. The van der Waals surface area contributed by atoms with Crippen molar-refractivity contribution in [3.05, 3.63) is 83.9 Å². The SMILES string of the molecule is CC/C(=N/NC(=O)CSc1n[nH]c(-c2ccc(OC)cc2)[n+]1-c1ccc(C)cc1)c1ccc(O)cc1. The first-order chi connectivity index (χ1) is 17.5. The second kappa shape index (κ2) is 11.5. The molecule has 1 heterocycles. The molecule has 0 saturated carbocycles. The predicted molar refractivity (Wildman–Crippen MR) is 141 cm³/mol. The molecule has 36 heavy (non-hydrogen) atoms. The third kappa shape index (κ3) is 5.92. The van der Waals surface area contributed by atoms with E-state index in [9.17, 15) is 9.90 Å². The van der Waals surface area contributed by atoms with Crippen LogP contribution in [0.3, 0.4) is 0 Å². The van der Waals surface area contributed by atoms with Gasteiger partial charge in [-0.05, 0) is 91.3 Å². The number of hydrazone groups is 1. The number of amides is 1. The van der Waals surface area contributed by atoms with Gasteiger partial charge in [-0.3, -0.25) is 4.79 Å². The number of hydrogen-bond acceptors (Lipinski definition) is 6. The zero-order valence-corrected chi connectivity index (χ0v) is 21.2. The number of aromatic nitrogens is 3. The van der Waals surface area contributed by atoms with Gasteiger partial charge >= 0.3 is 5.16 Å². The molecule has 184 valence electrons. The second-order valence-corrected chi connectivity index (χ2v) is 8.98. The van der Waals surface area contributed by atoms with Crippen molar-refractivity contribution in [2.45, 2.75) is 25.4 Å². The molecule has 0 aliphatic rings. The van der Waals surface area contributed by atoms with Crippen molar-refractivity contribution in [3.63, 3.8) is 0 Å². The molecule has 0 spiro atoms. The molecule has 0 bridgehead atoms. The van der Waals surface area contributed by atoms with Crippen molar-refractivity contribution in [1.29, 1.82) is 0 Å². The lowest BCUT2D eigenvalue weighted by molar-refractivity contribution is -0.625. The van der Waals surface area contributed by atoms with Crippen LogP contribution in [-0.2, 0) is 4.79 Å². The zero-order valence-electron chi connectivity index (χ0n) is 20.4. The summed E-state index contributed by atoms with van der Waals surface area (Å²) in [7, 11) is 1.63. The van der Waals surface area contributed by atoms with Crippen molar-refractivity contribution in [1.82, 2.24) is 15.6 Å². The third-order valence-electron chi connectivity index (χ3n) is 5.51. The van der Waals surface area contributed by atoms with E-state index in [1.165, 1.54) is 11.8 Å². The Balaban J connectivity index is 1.54. The van der Waals surface area contributed by atoms with Crippen LogP contribution in [0, 0.1) is 6.92 Å².